The van der Waals surface area contributed by atoms with Crippen LogP contribution in [0, 0.1) is 0 Å². The molecule has 0 bridgehead atoms. The summed E-state index contributed by atoms with van der Waals surface area (Å²) in [6, 6.07) is 7.41. The number of aliphatic hydroxyl groups is 1. The lowest BCUT2D eigenvalue weighted by atomic mass is 9.94. The van der Waals surface area contributed by atoms with Crippen LogP contribution >= 0.6 is 54.8 Å². The van der Waals surface area contributed by atoms with Crippen molar-refractivity contribution in [3.05, 3.63) is 54.1 Å². The van der Waals surface area contributed by atoms with E-state index in [0.717, 1.165) is 13.8 Å². The summed E-state index contributed by atoms with van der Waals surface area (Å²) in [6.07, 6.45) is 0. The van der Waals surface area contributed by atoms with Gasteiger partial charge in [-0.1, -0.05) is 33.6 Å². The van der Waals surface area contributed by atoms with Gasteiger partial charge in [0, 0.05) is 19.5 Å². The molecule has 2 aromatic rings. The molecule has 0 fully saturated rings. The van der Waals surface area contributed by atoms with Crippen molar-refractivity contribution in [3.63, 3.8) is 0 Å². The zero-order valence-corrected chi connectivity index (χ0v) is 13.6. The summed E-state index contributed by atoms with van der Waals surface area (Å²) in [5.41, 5.74) is -0.393. The minimum atomic E-state index is -1.09. The molecule has 0 amide bonds. The van der Waals surface area contributed by atoms with Crippen molar-refractivity contribution in [1.82, 2.24) is 0 Å². The van der Waals surface area contributed by atoms with Crippen LogP contribution in [0.25, 0.3) is 0 Å². The SMILES string of the molecule is CC(O)(c1ccc(Br)cc1Cl)c1sccc1Br. The predicted octanol–water partition coefficient (Wildman–Crippen LogP) is 5.18. The maximum atomic E-state index is 10.7. The molecule has 1 atom stereocenters. The number of benzene rings is 1. The van der Waals surface area contributed by atoms with E-state index in [0.29, 0.717) is 10.6 Å². The van der Waals surface area contributed by atoms with Crippen molar-refractivity contribution in [1.29, 1.82) is 0 Å². The molecule has 17 heavy (non-hydrogen) atoms. The highest BCUT2D eigenvalue weighted by molar-refractivity contribution is 9.10. The summed E-state index contributed by atoms with van der Waals surface area (Å²) >= 11 is 14.5. The summed E-state index contributed by atoms with van der Waals surface area (Å²) in [5.74, 6) is 0. The van der Waals surface area contributed by atoms with Crippen LogP contribution in [0.4, 0.5) is 0 Å². The van der Waals surface area contributed by atoms with Gasteiger partial charge in [-0.25, -0.2) is 0 Å². The number of halogens is 3. The Kier molecular flexibility index (Phi) is 4.00. The van der Waals surface area contributed by atoms with Crippen molar-refractivity contribution in [3.8, 4) is 0 Å². The summed E-state index contributed by atoms with van der Waals surface area (Å²) < 4.78 is 1.79. The van der Waals surface area contributed by atoms with Crippen LogP contribution in [0.1, 0.15) is 17.4 Å². The van der Waals surface area contributed by atoms with Crippen LogP contribution in [0.5, 0.6) is 0 Å². The van der Waals surface area contributed by atoms with E-state index in [2.05, 4.69) is 31.9 Å². The van der Waals surface area contributed by atoms with E-state index in [1.807, 2.05) is 23.6 Å². The Bertz CT molecular complexity index is 551. The van der Waals surface area contributed by atoms with Crippen molar-refractivity contribution < 1.29 is 5.11 Å². The van der Waals surface area contributed by atoms with Crippen molar-refractivity contribution in [2.24, 2.45) is 0 Å². The summed E-state index contributed by atoms with van der Waals surface area (Å²) in [4.78, 5) is 0.849. The third-order valence-corrected chi connectivity index (χ3v) is 5.37. The summed E-state index contributed by atoms with van der Waals surface area (Å²) in [5, 5.41) is 13.2. The highest BCUT2D eigenvalue weighted by Gasteiger charge is 2.31. The largest absolute Gasteiger partial charge is 0.380 e. The number of hydrogen-bond acceptors (Lipinski definition) is 2. The van der Waals surface area contributed by atoms with Gasteiger partial charge in [0.2, 0.25) is 0 Å². The first kappa shape index (κ1) is 13.6. The number of thiophene rings is 1. The molecule has 5 heteroatoms. The van der Waals surface area contributed by atoms with Gasteiger partial charge in [-0.2, -0.15) is 0 Å². The molecule has 0 aliphatic rings. The standard InChI is InChI=1S/C12H9Br2ClOS/c1-12(16,11-9(14)4-5-17-11)8-3-2-7(13)6-10(8)15/h2-6,16H,1H3. The highest BCUT2D eigenvalue weighted by Crippen LogP contribution is 2.40. The van der Waals surface area contributed by atoms with Gasteiger partial charge in [-0.05, 0) is 46.4 Å². The first-order valence-corrected chi connectivity index (χ1v) is 7.68. The molecule has 0 saturated heterocycles. The third kappa shape index (κ3) is 2.61. The lowest BCUT2D eigenvalue weighted by Gasteiger charge is -2.24. The monoisotopic (exact) mass is 394 g/mol. The Morgan fingerprint density at radius 2 is 2.00 bits per heavy atom. The topological polar surface area (TPSA) is 20.2 Å². The highest BCUT2D eigenvalue weighted by atomic mass is 79.9. The summed E-state index contributed by atoms with van der Waals surface area (Å²) in [7, 11) is 0. The fourth-order valence-corrected chi connectivity index (χ4v) is 4.34. The Balaban J connectivity index is 2.55. The van der Waals surface area contributed by atoms with E-state index in [1.54, 1.807) is 13.0 Å². The van der Waals surface area contributed by atoms with Crippen molar-refractivity contribution in [2.45, 2.75) is 12.5 Å². The minimum absolute atomic E-state index is 0.546. The predicted molar refractivity (Wildman–Crippen MR) is 79.8 cm³/mol. The third-order valence-electron chi connectivity index (χ3n) is 2.51. The maximum Gasteiger partial charge on any atom is 0.123 e. The molecule has 0 spiro atoms. The van der Waals surface area contributed by atoms with E-state index in [9.17, 15) is 5.11 Å². The fraction of sp³-hybridized carbons (Fsp3) is 0.167. The van der Waals surface area contributed by atoms with Gasteiger partial charge in [-0.15, -0.1) is 11.3 Å². The molecule has 2 rings (SSSR count). The van der Waals surface area contributed by atoms with Crippen LogP contribution in [-0.2, 0) is 5.60 Å². The minimum Gasteiger partial charge on any atom is -0.380 e. The molecule has 1 aromatic heterocycles. The molecular weight excluding hydrogens is 387 g/mol. The average molecular weight is 397 g/mol. The molecule has 1 aromatic carbocycles. The molecule has 1 heterocycles. The molecule has 0 radical (unpaired) electrons. The zero-order chi connectivity index (χ0) is 12.6. The van der Waals surface area contributed by atoms with Gasteiger partial charge in [-0.3, -0.25) is 0 Å². The van der Waals surface area contributed by atoms with Gasteiger partial charge in [0.15, 0.2) is 0 Å². The van der Waals surface area contributed by atoms with Crippen LogP contribution in [0.2, 0.25) is 5.02 Å². The molecule has 1 N–H and O–H groups in total. The molecule has 1 unspecified atom stereocenters. The fourth-order valence-electron chi connectivity index (χ4n) is 1.65. The maximum absolute atomic E-state index is 10.7. The second kappa shape index (κ2) is 5.02. The molecule has 0 aliphatic heterocycles. The Morgan fingerprint density at radius 3 is 2.53 bits per heavy atom. The van der Waals surface area contributed by atoms with Crippen LogP contribution in [-0.4, -0.2) is 5.11 Å². The lowest BCUT2D eigenvalue weighted by molar-refractivity contribution is 0.106. The Morgan fingerprint density at radius 1 is 1.29 bits per heavy atom. The summed E-state index contributed by atoms with van der Waals surface area (Å²) in [6.45, 7) is 1.75. The van der Waals surface area contributed by atoms with E-state index < -0.39 is 5.60 Å². The van der Waals surface area contributed by atoms with Crippen LogP contribution in [0.3, 0.4) is 0 Å². The van der Waals surface area contributed by atoms with Crippen LogP contribution < -0.4 is 0 Å². The van der Waals surface area contributed by atoms with Crippen LogP contribution in [0.15, 0.2) is 38.6 Å². The lowest BCUT2D eigenvalue weighted by Crippen LogP contribution is -2.22. The van der Waals surface area contributed by atoms with Gasteiger partial charge in [0.25, 0.3) is 0 Å². The van der Waals surface area contributed by atoms with Gasteiger partial charge < -0.3 is 5.11 Å². The molecule has 90 valence electrons. The molecule has 1 nitrogen and oxygen atoms in total. The first-order valence-electron chi connectivity index (χ1n) is 4.84. The molecule has 0 saturated carbocycles. The smallest absolute Gasteiger partial charge is 0.123 e. The Hall–Kier alpha value is 0.130. The quantitative estimate of drug-likeness (QED) is 0.741. The van der Waals surface area contributed by atoms with Gasteiger partial charge >= 0.3 is 0 Å². The van der Waals surface area contributed by atoms with Gasteiger partial charge in [0.05, 0.1) is 4.88 Å². The number of hydrogen-bond donors (Lipinski definition) is 1. The van der Waals surface area contributed by atoms with Crippen molar-refractivity contribution in [2.75, 3.05) is 0 Å². The Labute approximate surface area is 126 Å². The van der Waals surface area contributed by atoms with E-state index >= 15 is 0 Å². The average Bonchev–Trinajstić information content (AvgIpc) is 2.64. The molecule has 0 aliphatic carbocycles. The first-order chi connectivity index (χ1) is 7.93. The normalized spacial score (nSPS) is 14.6. The molecular formula is C12H9Br2ClOS. The van der Waals surface area contributed by atoms with E-state index in [-0.39, 0.29) is 0 Å². The second-order valence-electron chi connectivity index (χ2n) is 3.79. The second-order valence-corrected chi connectivity index (χ2v) is 6.89. The number of rotatable bonds is 2. The van der Waals surface area contributed by atoms with Gasteiger partial charge in [0.1, 0.15) is 5.60 Å². The zero-order valence-electron chi connectivity index (χ0n) is 8.88. The van der Waals surface area contributed by atoms with Crippen molar-refractivity contribution >= 4 is 54.8 Å². The van der Waals surface area contributed by atoms with E-state index in [1.165, 1.54) is 11.3 Å². The van der Waals surface area contributed by atoms with E-state index in [4.69, 9.17) is 11.6 Å².